The Morgan fingerprint density at radius 1 is 1.02 bits per heavy atom. The maximum Gasteiger partial charge on any atom is 0.416 e. The molecule has 264 valence electrons. The molecule has 5 atom stereocenters. The minimum atomic E-state index is -4.52. The number of halogens is 3. The average molecular weight is 683 g/mol. The number of hydrogen-bond acceptors (Lipinski definition) is 11. The molecule has 0 unspecified atom stereocenters. The van der Waals surface area contributed by atoms with Crippen LogP contribution in [0, 0.1) is 11.8 Å². The quantitative estimate of drug-likeness (QED) is 0.0583. The Hall–Kier alpha value is -3.83. The van der Waals surface area contributed by atoms with Crippen LogP contribution in [0.4, 0.5) is 13.2 Å². The lowest BCUT2D eigenvalue weighted by Gasteiger charge is -2.19. The van der Waals surface area contributed by atoms with Crippen LogP contribution in [-0.4, -0.2) is 74.5 Å². The van der Waals surface area contributed by atoms with Crippen LogP contribution in [0.25, 0.3) is 0 Å². The van der Waals surface area contributed by atoms with Crippen LogP contribution in [0.3, 0.4) is 0 Å². The number of carbonyl (C=O) groups is 2. The lowest BCUT2D eigenvalue weighted by molar-refractivity contribution is -0.497. The molecule has 0 saturated heterocycles. The van der Waals surface area contributed by atoms with E-state index in [9.17, 15) is 38.1 Å². The predicted molar refractivity (Wildman–Crippen MR) is 163 cm³/mol. The van der Waals surface area contributed by atoms with Gasteiger partial charge in [-0.05, 0) is 54.5 Å². The van der Waals surface area contributed by atoms with Gasteiger partial charge >= 0.3 is 12.1 Å². The van der Waals surface area contributed by atoms with Crippen molar-refractivity contribution in [2.24, 2.45) is 11.8 Å². The van der Waals surface area contributed by atoms with Gasteiger partial charge in [0, 0.05) is 18.8 Å². The molecule has 48 heavy (non-hydrogen) atoms. The summed E-state index contributed by atoms with van der Waals surface area (Å²) in [5.74, 6) is -1.76. The first-order chi connectivity index (χ1) is 22.8. The highest BCUT2D eigenvalue weighted by Gasteiger charge is 2.39. The number of benzene rings is 2. The van der Waals surface area contributed by atoms with E-state index in [0.717, 1.165) is 12.1 Å². The summed E-state index contributed by atoms with van der Waals surface area (Å²) in [7, 11) is 0. The molecule has 1 fully saturated rings. The van der Waals surface area contributed by atoms with E-state index in [4.69, 9.17) is 19.9 Å². The minimum absolute atomic E-state index is 0.00553. The summed E-state index contributed by atoms with van der Waals surface area (Å²) in [6.07, 6.45) is 1.25. The van der Waals surface area contributed by atoms with E-state index < -0.39 is 41.9 Å². The molecule has 3 rings (SSSR count). The zero-order valence-corrected chi connectivity index (χ0v) is 26.0. The van der Waals surface area contributed by atoms with Crippen molar-refractivity contribution in [1.29, 1.82) is 0 Å². The Kier molecular flexibility index (Phi) is 15.5. The summed E-state index contributed by atoms with van der Waals surface area (Å²) in [6.45, 7) is -0.654. The number of ether oxygens (including phenoxy) is 2. The summed E-state index contributed by atoms with van der Waals surface area (Å²) >= 11 is 0. The molecule has 12 nitrogen and oxygen atoms in total. The zero-order valence-electron chi connectivity index (χ0n) is 26.0. The van der Waals surface area contributed by atoms with Crippen molar-refractivity contribution in [1.82, 2.24) is 10.7 Å². The lowest BCUT2D eigenvalue weighted by Crippen LogP contribution is -2.30. The number of rotatable bonds is 18. The maximum absolute atomic E-state index is 12.9. The van der Waals surface area contributed by atoms with Gasteiger partial charge in [0.25, 0.3) is 0 Å². The monoisotopic (exact) mass is 682 g/mol. The van der Waals surface area contributed by atoms with Crippen molar-refractivity contribution in [3.05, 3.63) is 89.5 Å². The number of aliphatic hydroxyl groups is 3. The number of amides is 1. The number of carbonyl (C=O) groups excluding carboxylic acids is 2. The molecular weight excluding hydrogens is 641 g/mol. The zero-order chi connectivity index (χ0) is 35.1. The summed E-state index contributed by atoms with van der Waals surface area (Å²) in [5.41, 5.74) is 0.488. The van der Waals surface area contributed by atoms with Crippen molar-refractivity contribution in [2.75, 3.05) is 13.2 Å². The molecule has 0 aromatic heterocycles. The van der Waals surface area contributed by atoms with E-state index in [0.29, 0.717) is 30.4 Å². The molecule has 0 bridgehead atoms. The highest BCUT2D eigenvalue weighted by Crippen LogP contribution is 2.36. The van der Waals surface area contributed by atoms with Gasteiger partial charge in [-0.3, -0.25) is 20.0 Å². The lowest BCUT2D eigenvalue weighted by atomic mass is 9.89. The van der Waals surface area contributed by atoms with Gasteiger partial charge in [-0.25, -0.2) is 4.84 Å². The van der Waals surface area contributed by atoms with E-state index in [1.165, 1.54) is 18.2 Å². The predicted octanol–water partition coefficient (Wildman–Crippen LogP) is 3.85. The highest BCUT2D eigenvalue weighted by molar-refractivity contribution is 5.81. The van der Waals surface area contributed by atoms with E-state index >= 15 is 0 Å². The van der Waals surface area contributed by atoms with Gasteiger partial charge in [0.15, 0.2) is 0 Å². The van der Waals surface area contributed by atoms with E-state index in [-0.39, 0.29) is 62.2 Å². The first kappa shape index (κ1) is 38.6. The second-order valence-electron chi connectivity index (χ2n) is 11.3. The number of unbranched alkanes of at least 4 members (excludes halogenated alkanes) is 1. The third kappa shape index (κ3) is 13.7. The first-order valence-electron chi connectivity index (χ1n) is 15.3. The molecule has 0 aliphatic heterocycles. The fraction of sp³-hybridized carbons (Fsp3) is 0.455. The molecule has 2 aromatic carbocycles. The van der Waals surface area contributed by atoms with Crippen molar-refractivity contribution >= 4 is 11.9 Å². The van der Waals surface area contributed by atoms with Crippen LogP contribution < -0.4 is 10.1 Å². The maximum atomic E-state index is 12.9. The summed E-state index contributed by atoms with van der Waals surface area (Å²) in [6, 6.07) is 11.0. The number of alkyl halides is 3. The van der Waals surface area contributed by atoms with Gasteiger partial charge in [0.1, 0.15) is 31.6 Å². The van der Waals surface area contributed by atoms with Gasteiger partial charge in [-0.2, -0.15) is 13.2 Å². The molecule has 1 aliphatic carbocycles. The molecule has 1 aliphatic rings. The third-order valence-corrected chi connectivity index (χ3v) is 7.60. The molecule has 15 heteroatoms. The SMILES string of the molecule is O=C(CCC/C=C\C[C@@H]1[C@@H](/C=C/[C@@H](O)COc2cccc(C(F)(F)F)c2)[C@H](O)C[C@@H]1O)NCC(=O)OCc1ccc(CON(O)O)cc1. The van der Waals surface area contributed by atoms with Crippen LogP contribution in [-0.2, 0) is 38.6 Å². The standard InChI is InChI=1S/C33H41F3N2O10/c34-33(35,36)24-6-5-7-26(16-24)46-21-25(39)14-15-28-27(29(40)17-30(28)41)8-3-1-2-4-9-31(42)37-18-32(43)47-19-22-10-12-23(13-11-22)20-48-38(44)45/h1,3,5-7,10-16,25,27-30,39-41,44-45H,2,4,8-9,17-21H2,(H,37,42)/b3-1-,15-14+/t25-,27-,28-,29+,30-/m1/s1. The van der Waals surface area contributed by atoms with E-state index in [2.05, 4.69) is 10.2 Å². The first-order valence-corrected chi connectivity index (χ1v) is 15.3. The molecule has 0 radical (unpaired) electrons. The fourth-order valence-electron chi connectivity index (χ4n) is 5.05. The van der Waals surface area contributed by atoms with E-state index in [1.54, 1.807) is 30.3 Å². The average Bonchev–Trinajstić information content (AvgIpc) is 3.32. The van der Waals surface area contributed by atoms with E-state index in [1.807, 2.05) is 12.2 Å². The number of esters is 1. The molecule has 6 N–H and O–H groups in total. The van der Waals surface area contributed by atoms with Crippen molar-refractivity contribution < 1.29 is 62.8 Å². The van der Waals surface area contributed by atoms with Gasteiger partial charge in [0.05, 0.1) is 29.8 Å². The number of nitrogens with one attached hydrogen (secondary N) is 1. The van der Waals surface area contributed by atoms with Crippen LogP contribution in [0.1, 0.15) is 48.8 Å². The minimum Gasteiger partial charge on any atom is -0.491 e. The van der Waals surface area contributed by atoms with Crippen LogP contribution in [0.2, 0.25) is 0 Å². The largest absolute Gasteiger partial charge is 0.491 e. The Morgan fingerprint density at radius 3 is 2.42 bits per heavy atom. The Labute approximate surface area is 275 Å². The molecule has 2 aromatic rings. The van der Waals surface area contributed by atoms with Crippen molar-refractivity contribution in [3.63, 3.8) is 0 Å². The van der Waals surface area contributed by atoms with Crippen LogP contribution >= 0.6 is 0 Å². The normalized spacial score (nSPS) is 20.4. The van der Waals surface area contributed by atoms with Gasteiger partial charge in [0.2, 0.25) is 5.91 Å². The smallest absolute Gasteiger partial charge is 0.416 e. The molecule has 0 heterocycles. The Morgan fingerprint density at radius 2 is 1.73 bits per heavy atom. The van der Waals surface area contributed by atoms with Gasteiger partial charge in [-0.1, -0.05) is 54.6 Å². The number of aliphatic hydroxyl groups excluding tert-OH is 3. The highest BCUT2D eigenvalue weighted by atomic mass is 19.4. The number of allylic oxidation sites excluding steroid dienone is 2. The van der Waals surface area contributed by atoms with Crippen LogP contribution in [0.5, 0.6) is 5.75 Å². The number of nitrogens with zero attached hydrogens (tertiary/aromatic N) is 1. The summed E-state index contributed by atoms with van der Waals surface area (Å²) in [5, 5.41) is 50.4. The Bertz CT molecular complexity index is 1350. The third-order valence-electron chi connectivity index (χ3n) is 7.60. The van der Waals surface area contributed by atoms with Crippen LogP contribution in [0.15, 0.2) is 72.8 Å². The summed E-state index contributed by atoms with van der Waals surface area (Å²) in [4.78, 5) is 28.6. The second-order valence-corrected chi connectivity index (χ2v) is 11.3. The summed E-state index contributed by atoms with van der Waals surface area (Å²) < 4.78 is 49.1. The van der Waals surface area contributed by atoms with Crippen molar-refractivity contribution in [2.45, 2.75) is 69.8 Å². The second kappa shape index (κ2) is 19.2. The van der Waals surface area contributed by atoms with Gasteiger partial charge < -0.3 is 30.1 Å². The van der Waals surface area contributed by atoms with Gasteiger partial charge in [-0.15, -0.1) is 0 Å². The molecule has 1 amide bonds. The fourth-order valence-corrected chi connectivity index (χ4v) is 5.05. The topological polar surface area (TPSA) is 178 Å². The Balaban J connectivity index is 1.32. The van der Waals surface area contributed by atoms with Crippen molar-refractivity contribution in [3.8, 4) is 5.75 Å². The molecular formula is C33H41F3N2O10. The molecule has 1 saturated carbocycles. The molecule has 0 spiro atoms. The number of hydrogen-bond donors (Lipinski definition) is 6.